The number of hydrogen-bond donors (Lipinski definition) is 0. The lowest BCUT2D eigenvalue weighted by atomic mass is 10.1. The van der Waals surface area contributed by atoms with Crippen LogP contribution in [-0.4, -0.2) is 33.4 Å². The fraction of sp³-hybridized carbons (Fsp3) is 0.211. The van der Waals surface area contributed by atoms with Crippen LogP contribution in [0.15, 0.2) is 47.0 Å². The van der Waals surface area contributed by atoms with Crippen LogP contribution in [0, 0.1) is 0 Å². The van der Waals surface area contributed by atoms with E-state index < -0.39 is 0 Å². The molecular formula is C19H19NO5. The first kappa shape index (κ1) is 16.7. The highest BCUT2D eigenvalue weighted by molar-refractivity contribution is 5.71. The predicted molar refractivity (Wildman–Crippen MR) is 93.6 cm³/mol. The molecule has 3 rings (SSSR count). The van der Waals surface area contributed by atoms with E-state index in [0.29, 0.717) is 40.2 Å². The first-order valence-corrected chi connectivity index (χ1v) is 7.60. The third-order valence-corrected chi connectivity index (χ3v) is 3.81. The fourth-order valence-corrected chi connectivity index (χ4v) is 2.51. The van der Waals surface area contributed by atoms with Crippen LogP contribution < -0.4 is 18.9 Å². The maximum absolute atomic E-state index is 5.96. The van der Waals surface area contributed by atoms with Gasteiger partial charge in [-0.15, -0.1) is 0 Å². The molecule has 0 fully saturated rings. The molecule has 0 unspecified atom stereocenters. The summed E-state index contributed by atoms with van der Waals surface area (Å²) in [5.74, 6) is 3.70. The van der Waals surface area contributed by atoms with E-state index in [0.717, 1.165) is 5.56 Å². The Morgan fingerprint density at radius 1 is 0.720 bits per heavy atom. The van der Waals surface area contributed by atoms with Gasteiger partial charge in [-0.2, -0.15) is 0 Å². The molecule has 6 heteroatoms. The van der Waals surface area contributed by atoms with Gasteiger partial charge in [0.15, 0.2) is 5.76 Å². The lowest BCUT2D eigenvalue weighted by Gasteiger charge is -2.09. The van der Waals surface area contributed by atoms with Gasteiger partial charge in [-0.05, 0) is 36.4 Å². The van der Waals surface area contributed by atoms with E-state index in [1.165, 1.54) is 0 Å². The van der Waals surface area contributed by atoms with Gasteiger partial charge in [0.25, 0.3) is 0 Å². The molecule has 3 aromatic rings. The minimum Gasteiger partial charge on any atom is -0.497 e. The van der Waals surface area contributed by atoms with E-state index in [9.17, 15) is 0 Å². The molecule has 1 heterocycles. The summed E-state index contributed by atoms with van der Waals surface area (Å²) in [6, 6.07) is 10.9. The zero-order chi connectivity index (χ0) is 17.8. The number of benzene rings is 2. The first-order chi connectivity index (χ1) is 12.2. The Bertz CT molecular complexity index is 802. The molecule has 0 aliphatic rings. The zero-order valence-electron chi connectivity index (χ0n) is 14.5. The fourth-order valence-electron chi connectivity index (χ4n) is 2.51. The third-order valence-electron chi connectivity index (χ3n) is 3.81. The number of ether oxygens (including phenoxy) is 4. The van der Waals surface area contributed by atoms with Gasteiger partial charge in [-0.3, -0.25) is 0 Å². The predicted octanol–water partition coefficient (Wildman–Crippen LogP) is 4.04. The Balaban J connectivity index is 2.07. The van der Waals surface area contributed by atoms with Gasteiger partial charge in [-0.25, -0.2) is 4.98 Å². The van der Waals surface area contributed by atoms with Crippen LogP contribution in [0.4, 0.5) is 0 Å². The molecule has 0 aliphatic heterocycles. The summed E-state index contributed by atoms with van der Waals surface area (Å²) >= 11 is 0. The van der Waals surface area contributed by atoms with Crippen molar-refractivity contribution in [1.82, 2.24) is 4.98 Å². The second-order valence-corrected chi connectivity index (χ2v) is 5.16. The Kier molecular flexibility index (Phi) is 4.79. The Morgan fingerprint density at radius 2 is 1.28 bits per heavy atom. The van der Waals surface area contributed by atoms with E-state index in [1.54, 1.807) is 34.6 Å². The molecule has 0 amide bonds. The van der Waals surface area contributed by atoms with Gasteiger partial charge in [-0.1, -0.05) is 0 Å². The molecule has 25 heavy (non-hydrogen) atoms. The van der Waals surface area contributed by atoms with Crippen molar-refractivity contribution < 1.29 is 23.4 Å². The molecule has 0 bridgehead atoms. The second kappa shape index (κ2) is 7.17. The zero-order valence-corrected chi connectivity index (χ0v) is 14.5. The van der Waals surface area contributed by atoms with Crippen LogP contribution >= 0.6 is 0 Å². The van der Waals surface area contributed by atoms with Crippen molar-refractivity contribution in [3.63, 3.8) is 0 Å². The summed E-state index contributed by atoms with van der Waals surface area (Å²) in [7, 11) is 6.42. The maximum Gasteiger partial charge on any atom is 0.230 e. The maximum atomic E-state index is 5.96. The molecule has 0 spiro atoms. The van der Waals surface area contributed by atoms with E-state index in [-0.39, 0.29) is 0 Å². The van der Waals surface area contributed by atoms with Gasteiger partial charge in [0.05, 0.1) is 45.8 Å². The minimum atomic E-state index is 0.427. The number of methoxy groups -OCH3 is 4. The standard InChI is InChI=1S/C19H19NO5/c1-21-12-5-7-16(23-3)14(9-12)18-11-20-19(25-18)15-10-13(22-2)6-8-17(15)24-4/h5-11H,1-4H3. The molecule has 0 saturated heterocycles. The largest absolute Gasteiger partial charge is 0.497 e. The SMILES string of the molecule is COc1ccc(OC)c(-c2cnc(-c3cc(OC)ccc3OC)o2)c1. The summed E-state index contributed by atoms with van der Waals surface area (Å²) in [5, 5.41) is 0. The Labute approximate surface area is 145 Å². The topological polar surface area (TPSA) is 63.0 Å². The third kappa shape index (κ3) is 3.24. The van der Waals surface area contributed by atoms with Crippen molar-refractivity contribution in [3.05, 3.63) is 42.6 Å². The summed E-state index contributed by atoms with van der Waals surface area (Å²) in [5.41, 5.74) is 1.46. The van der Waals surface area contributed by atoms with Gasteiger partial charge >= 0.3 is 0 Å². The Hall–Kier alpha value is -3.15. The van der Waals surface area contributed by atoms with E-state index >= 15 is 0 Å². The van der Waals surface area contributed by atoms with Crippen molar-refractivity contribution in [3.8, 4) is 45.8 Å². The monoisotopic (exact) mass is 341 g/mol. The molecule has 1 aromatic heterocycles. The molecule has 130 valence electrons. The quantitative estimate of drug-likeness (QED) is 0.674. The lowest BCUT2D eigenvalue weighted by molar-refractivity contribution is 0.401. The van der Waals surface area contributed by atoms with Gasteiger partial charge < -0.3 is 23.4 Å². The van der Waals surface area contributed by atoms with Crippen molar-refractivity contribution >= 4 is 0 Å². The number of aromatic nitrogens is 1. The smallest absolute Gasteiger partial charge is 0.230 e. The highest BCUT2D eigenvalue weighted by atomic mass is 16.5. The molecule has 0 saturated carbocycles. The van der Waals surface area contributed by atoms with Gasteiger partial charge in [0.1, 0.15) is 23.0 Å². The lowest BCUT2D eigenvalue weighted by Crippen LogP contribution is -1.90. The van der Waals surface area contributed by atoms with E-state index in [2.05, 4.69) is 4.98 Å². The number of hydrogen-bond acceptors (Lipinski definition) is 6. The molecule has 0 aliphatic carbocycles. The molecule has 0 N–H and O–H groups in total. The van der Waals surface area contributed by atoms with Crippen molar-refractivity contribution in [1.29, 1.82) is 0 Å². The van der Waals surface area contributed by atoms with Crippen LogP contribution in [-0.2, 0) is 0 Å². The average Bonchev–Trinajstić information content (AvgIpc) is 3.16. The van der Waals surface area contributed by atoms with Crippen LogP contribution in [0.1, 0.15) is 0 Å². The molecule has 0 atom stereocenters. The molecule has 0 radical (unpaired) electrons. The van der Waals surface area contributed by atoms with E-state index in [4.69, 9.17) is 23.4 Å². The normalized spacial score (nSPS) is 10.4. The van der Waals surface area contributed by atoms with Crippen molar-refractivity contribution in [2.45, 2.75) is 0 Å². The highest BCUT2D eigenvalue weighted by Gasteiger charge is 2.17. The number of oxazole rings is 1. The van der Waals surface area contributed by atoms with Crippen molar-refractivity contribution in [2.24, 2.45) is 0 Å². The van der Waals surface area contributed by atoms with Gasteiger partial charge in [0, 0.05) is 0 Å². The van der Waals surface area contributed by atoms with Crippen LogP contribution in [0.2, 0.25) is 0 Å². The second-order valence-electron chi connectivity index (χ2n) is 5.16. The molecule has 2 aromatic carbocycles. The average molecular weight is 341 g/mol. The van der Waals surface area contributed by atoms with Gasteiger partial charge in [0.2, 0.25) is 5.89 Å². The summed E-state index contributed by atoms with van der Waals surface area (Å²) < 4.78 is 27.3. The first-order valence-electron chi connectivity index (χ1n) is 7.60. The summed E-state index contributed by atoms with van der Waals surface area (Å²) in [6.07, 6.45) is 1.64. The summed E-state index contributed by atoms with van der Waals surface area (Å²) in [4.78, 5) is 4.38. The van der Waals surface area contributed by atoms with Crippen LogP contribution in [0.25, 0.3) is 22.8 Å². The van der Waals surface area contributed by atoms with E-state index in [1.807, 2.05) is 36.4 Å². The Morgan fingerprint density at radius 3 is 1.84 bits per heavy atom. The van der Waals surface area contributed by atoms with Crippen LogP contribution in [0.5, 0.6) is 23.0 Å². The van der Waals surface area contributed by atoms with Crippen LogP contribution in [0.3, 0.4) is 0 Å². The van der Waals surface area contributed by atoms with Crippen molar-refractivity contribution in [2.75, 3.05) is 28.4 Å². The minimum absolute atomic E-state index is 0.427. The highest BCUT2D eigenvalue weighted by Crippen LogP contribution is 2.38. The number of nitrogens with zero attached hydrogens (tertiary/aromatic N) is 1. The summed E-state index contributed by atoms with van der Waals surface area (Å²) in [6.45, 7) is 0. The molecular weight excluding hydrogens is 322 g/mol. The number of rotatable bonds is 6. The molecule has 6 nitrogen and oxygen atoms in total.